The number of halogens is 1. The van der Waals surface area contributed by atoms with Gasteiger partial charge in [-0.25, -0.2) is 4.39 Å². The van der Waals surface area contributed by atoms with E-state index in [4.69, 9.17) is 0 Å². The Morgan fingerprint density at radius 3 is 2.70 bits per heavy atom. The number of carbonyl (C=O) groups is 1. The lowest BCUT2D eigenvalue weighted by Crippen LogP contribution is -1.87. The number of rotatable bonds is 1. The third-order valence-corrected chi connectivity index (χ3v) is 1.48. The Labute approximate surface area is 63.3 Å². The molecule has 0 aromatic heterocycles. The van der Waals surface area contributed by atoms with Crippen molar-refractivity contribution in [2.24, 2.45) is 0 Å². The summed E-state index contributed by atoms with van der Waals surface area (Å²) < 4.78 is 12.7. The Hall–Kier alpha value is -0.830. The van der Waals surface area contributed by atoms with Gasteiger partial charge in [0.1, 0.15) is 5.82 Å². The molecule has 0 saturated heterocycles. The quantitative estimate of drug-likeness (QED) is 0.485. The number of hydrogen-bond acceptors (Lipinski definition) is 2. The van der Waals surface area contributed by atoms with Crippen molar-refractivity contribution in [1.82, 2.24) is 0 Å². The summed E-state index contributed by atoms with van der Waals surface area (Å²) in [6, 6.07) is 4.47. The summed E-state index contributed by atoms with van der Waals surface area (Å²) in [7, 11) is 0. The second kappa shape index (κ2) is 2.84. The van der Waals surface area contributed by atoms with Crippen LogP contribution in [0.1, 0.15) is 10.4 Å². The smallest absolute Gasteiger partial charge is 0.153 e. The first-order valence-corrected chi connectivity index (χ1v) is 3.13. The Balaban J connectivity index is 3.27. The van der Waals surface area contributed by atoms with Crippen molar-refractivity contribution < 1.29 is 9.18 Å². The first-order chi connectivity index (χ1) is 4.75. The Kier molecular flexibility index (Phi) is 2.06. The summed E-state index contributed by atoms with van der Waals surface area (Å²) >= 11 is 3.79. The van der Waals surface area contributed by atoms with E-state index in [0.29, 0.717) is 6.29 Å². The minimum atomic E-state index is -0.555. The van der Waals surface area contributed by atoms with E-state index < -0.39 is 5.82 Å². The minimum Gasteiger partial charge on any atom is -0.298 e. The molecule has 52 valence electrons. The first-order valence-electron chi connectivity index (χ1n) is 2.68. The number of benzene rings is 1. The van der Waals surface area contributed by atoms with Crippen LogP contribution >= 0.6 is 12.6 Å². The molecule has 0 amide bonds. The van der Waals surface area contributed by atoms with Crippen molar-refractivity contribution in [1.29, 1.82) is 0 Å². The molecule has 0 radical (unpaired) electrons. The van der Waals surface area contributed by atoms with Gasteiger partial charge in [0.15, 0.2) is 6.29 Å². The summed E-state index contributed by atoms with van der Waals surface area (Å²) in [5.41, 5.74) is 0.0486. The highest BCUT2D eigenvalue weighted by atomic mass is 32.1. The molecule has 0 aliphatic carbocycles. The third-order valence-electron chi connectivity index (χ3n) is 1.14. The molecule has 0 bridgehead atoms. The zero-order valence-corrected chi connectivity index (χ0v) is 5.94. The lowest BCUT2D eigenvalue weighted by molar-refractivity contribution is 0.111. The van der Waals surface area contributed by atoms with Gasteiger partial charge in [-0.2, -0.15) is 0 Å². The molecule has 0 saturated carbocycles. The maximum absolute atomic E-state index is 12.7. The highest BCUT2D eigenvalue weighted by Crippen LogP contribution is 2.13. The van der Waals surface area contributed by atoms with Gasteiger partial charge in [-0.1, -0.05) is 6.07 Å². The molecule has 0 heterocycles. The molecule has 1 aromatic rings. The average molecular weight is 156 g/mol. The van der Waals surface area contributed by atoms with Crippen molar-refractivity contribution in [2.45, 2.75) is 4.90 Å². The van der Waals surface area contributed by atoms with Crippen LogP contribution in [0.3, 0.4) is 0 Å². The zero-order chi connectivity index (χ0) is 7.56. The highest BCUT2D eigenvalue weighted by molar-refractivity contribution is 7.80. The van der Waals surface area contributed by atoms with E-state index in [1.165, 1.54) is 12.1 Å². The zero-order valence-electron chi connectivity index (χ0n) is 5.04. The van der Waals surface area contributed by atoms with Crippen LogP contribution in [0.5, 0.6) is 0 Å². The van der Waals surface area contributed by atoms with E-state index in [1.54, 1.807) is 6.07 Å². The van der Waals surface area contributed by atoms with Gasteiger partial charge in [0.25, 0.3) is 0 Å². The molecule has 0 aliphatic rings. The molecule has 3 heteroatoms. The molecular weight excluding hydrogens is 151 g/mol. The molecule has 0 unspecified atom stereocenters. The van der Waals surface area contributed by atoms with Crippen LogP contribution in [0.4, 0.5) is 4.39 Å². The fourth-order valence-corrected chi connectivity index (χ4v) is 0.843. The van der Waals surface area contributed by atoms with Gasteiger partial charge in [0.2, 0.25) is 0 Å². The predicted molar refractivity (Wildman–Crippen MR) is 39.0 cm³/mol. The standard InChI is InChI=1S/C7H5FOS/c8-7-5(4-9)2-1-3-6(7)10/h1-4,10H. The lowest BCUT2D eigenvalue weighted by Gasteiger charge is -1.95. The van der Waals surface area contributed by atoms with Gasteiger partial charge in [-0.15, -0.1) is 12.6 Å². The largest absolute Gasteiger partial charge is 0.298 e. The van der Waals surface area contributed by atoms with Crippen LogP contribution in [0.2, 0.25) is 0 Å². The van der Waals surface area contributed by atoms with Crippen LogP contribution in [-0.2, 0) is 0 Å². The van der Waals surface area contributed by atoms with Crippen molar-refractivity contribution in [3.8, 4) is 0 Å². The predicted octanol–water partition coefficient (Wildman–Crippen LogP) is 1.93. The molecule has 1 aromatic carbocycles. The Bertz CT molecular complexity index is 260. The van der Waals surface area contributed by atoms with Crippen LogP contribution < -0.4 is 0 Å². The van der Waals surface area contributed by atoms with Gasteiger partial charge >= 0.3 is 0 Å². The summed E-state index contributed by atoms with van der Waals surface area (Å²) in [6.07, 6.45) is 0.467. The Morgan fingerprint density at radius 1 is 1.50 bits per heavy atom. The average Bonchev–Trinajstić information content (AvgIpc) is 1.95. The molecule has 1 nitrogen and oxygen atoms in total. The molecule has 0 atom stereocenters. The summed E-state index contributed by atoms with van der Waals surface area (Å²) in [5.74, 6) is -0.555. The molecule has 0 fully saturated rings. The van der Waals surface area contributed by atoms with Crippen molar-refractivity contribution in [2.75, 3.05) is 0 Å². The van der Waals surface area contributed by atoms with Crippen molar-refractivity contribution in [3.63, 3.8) is 0 Å². The van der Waals surface area contributed by atoms with Gasteiger partial charge in [0, 0.05) is 4.90 Å². The van der Waals surface area contributed by atoms with Crippen LogP contribution in [0.25, 0.3) is 0 Å². The van der Waals surface area contributed by atoms with E-state index in [1.807, 2.05) is 0 Å². The fourth-order valence-electron chi connectivity index (χ4n) is 0.628. The third kappa shape index (κ3) is 1.19. The van der Waals surface area contributed by atoms with E-state index in [2.05, 4.69) is 12.6 Å². The SMILES string of the molecule is O=Cc1cccc(S)c1F. The number of carbonyl (C=O) groups excluding carboxylic acids is 1. The second-order valence-corrected chi connectivity index (χ2v) is 2.28. The minimum absolute atomic E-state index is 0.0486. The molecule has 0 spiro atoms. The second-order valence-electron chi connectivity index (χ2n) is 1.80. The molecule has 0 N–H and O–H groups in total. The number of hydrogen-bond donors (Lipinski definition) is 1. The molecule has 1 rings (SSSR count). The topological polar surface area (TPSA) is 17.1 Å². The summed E-state index contributed by atoms with van der Waals surface area (Å²) in [5, 5.41) is 0. The van der Waals surface area contributed by atoms with E-state index in [0.717, 1.165) is 0 Å². The van der Waals surface area contributed by atoms with Crippen LogP contribution in [0.15, 0.2) is 23.1 Å². The number of thiol groups is 1. The highest BCUT2D eigenvalue weighted by Gasteiger charge is 2.01. The van der Waals surface area contributed by atoms with Gasteiger partial charge in [-0.3, -0.25) is 4.79 Å². The van der Waals surface area contributed by atoms with Gasteiger partial charge < -0.3 is 0 Å². The van der Waals surface area contributed by atoms with E-state index in [9.17, 15) is 9.18 Å². The van der Waals surface area contributed by atoms with Crippen molar-refractivity contribution in [3.05, 3.63) is 29.6 Å². The number of aldehydes is 1. The molecular formula is C7H5FOS. The van der Waals surface area contributed by atoms with Crippen molar-refractivity contribution >= 4 is 18.9 Å². The van der Waals surface area contributed by atoms with E-state index >= 15 is 0 Å². The normalized spacial score (nSPS) is 9.40. The fraction of sp³-hybridized carbons (Fsp3) is 0. The monoisotopic (exact) mass is 156 g/mol. The summed E-state index contributed by atoms with van der Waals surface area (Å²) in [4.78, 5) is 10.3. The maximum Gasteiger partial charge on any atom is 0.153 e. The van der Waals surface area contributed by atoms with Crippen LogP contribution in [0, 0.1) is 5.82 Å². The molecule has 0 aliphatic heterocycles. The summed E-state index contributed by atoms with van der Waals surface area (Å²) in [6.45, 7) is 0. The molecule has 10 heavy (non-hydrogen) atoms. The van der Waals surface area contributed by atoms with Gasteiger partial charge in [0.05, 0.1) is 5.56 Å². The van der Waals surface area contributed by atoms with E-state index in [-0.39, 0.29) is 10.5 Å². The first kappa shape index (κ1) is 7.28. The van der Waals surface area contributed by atoms with Gasteiger partial charge in [-0.05, 0) is 12.1 Å². The Morgan fingerprint density at radius 2 is 2.20 bits per heavy atom. The maximum atomic E-state index is 12.7. The van der Waals surface area contributed by atoms with Crippen LogP contribution in [-0.4, -0.2) is 6.29 Å². The lowest BCUT2D eigenvalue weighted by atomic mass is 10.2.